The molecule has 0 amide bonds. The lowest BCUT2D eigenvalue weighted by Gasteiger charge is -2.14. The lowest BCUT2D eigenvalue weighted by molar-refractivity contribution is 0.621. The average molecular weight is 326 g/mol. The van der Waals surface area contributed by atoms with Gasteiger partial charge in [0.05, 0.1) is 11.2 Å². The zero-order valence-electron chi connectivity index (χ0n) is 12.9. The van der Waals surface area contributed by atoms with E-state index in [9.17, 15) is 0 Å². The van der Waals surface area contributed by atoms with E-state index in [2.05, 4.69) is 18.2 Å². The number of nitrogens with two attached hydrogens (primary N) is 2. The third-order valence-corrected chi connectivity index (χ3v) is 4.18. The van der Waals surface area contributed by atoms with E-state index < -0.39 is 0 Å². The first-order chi connectivity index (χ1) is 11.2. The Bertz CT molecular complexity index is 802. The maximum atomic E-state index is 6.20. The number of aromatic nitrogens is 1. The molecule has 0 fully saturated rings. The van der Waals surface area contributed by atoms with Crippen LogP contribution in [-0.2, 0) is 6.42 Å². The third kappa shape index (κ3) is 3.70. The summed E-state index contributed by atoms with van der Waals surface area (Å²) in [6, 6.07) is 18.1. The van der Waals surface area contributed by atoms with E-state index in [4.69, 9.17) is 28.1 Å². The minimum Gasteiger partial charge on any atom is -0.330 e. The van der Waals surface area contributed by atoms with Crippen molar-refractivity contribution >= 4 is 22.5 Å². The van der Waals surface area contributed by atoms with Gasteiger partial charge in [0.15, 0.2) is 0 Å². The van der Waals surface area contributed by atoms with Gasteiger partial charge in [-0.25, -0.2) is 4.98 Å². The van der Waals surface area contributed by atoms with Crippen LogP contribution in [0, 0.1) is 0 Å². The van der Waals surface area contributed by atoms with Crippen LogP contribution >= 0.6 is 11.6 Å². The SMILES string of the molecule is NCCC(N)Cc1cc(-c2ccccc2)nc2cc(Cl)ccc12. The Hall–Kier alpha value is -1.94. The smallest absolute Gasteiger partial charge is 0.0727 e. The first-order valence-electron chi connectivity index (χ1n) is 7.77. The Morgan fingerprint density at radius 2 is 1.83 bits per heavy atom. The van der Waals surface area contributed by atoms with Crippen LogP contribution in [0.25, 0.3) is 22.2 Å². The third-order valence-electron chi connectivity index (χ3n) is 3.95. The monoisotopic (exact) mass is 325 g/mol. The van der Waals surface area contributed by atoms with Crippen molar-refractivity contribution in [3.63, 3.8) is 0 Å². The van der Waals surface area contributed by atoms with Crippen molar-refractivity contribution < 1.29 is 0 Å². The van der Waals surface area contributed by atoms with Crippen molar-refractivity contribution in [1.82, 2.24) is 4.98 Å². The molecule has 3 rings (SSSR count). The molecule has 4 N–H and O–H groups in total. The molecule has 0 saturated heterocycles. The molecule has 0 saturated carbocycles. The number of hydrogen-bond donors (Lipinski definition) is 2. The van der Waals surface area contributed by atoms with E-state index in [0.29, 0.717) is 11.6 Å². The van der Waals surface area contributed by atoms with Crippen molar-refractivity contribution in [3.05, 3.63) is 65.2 Å². The van der Waals surface area contributed by atoms with Gasteiger partial charge in [-0.2, -0.15) is 0 Å². The molecule has 1 atom stereocenters. The van der Waals surface area contributed by atoms with Gasteiger partial charge in [0.25, 0.3) is 0 Å². The highest BCUT2D eigenvalue weighted by Crippen LogP contribution is 2.27. The minimum atomic E-state index is 0.0462. The minimum absolute atomic E-state index is 0.0462. The van der Waals surface area contributed by atoms with Crippen LogP contribution in [0.4, 0.5) is 0 Å². The highest BCUT2D eigenvalue weighted by molar-refractivity contribution is 6.31. The average Bonchev–Trinajstić information content (AvgIpc) is 2.55. The highest BCUT2D eigenvalue weighted by Gasteiger charge is 2.11. The molecule has 1 heterocycles. The largest absolute Gasteiger partial charge is 0.330 e. The first-order valence-corrected chi connectivity index (χ1v) is 8.15. The second-order valence-corrected chi connectivity index (χ2v) is 6.17. The molecule has 0 spiro atoms. The molecule has 0 radical (unpaired) electrons. The summed E-state index contributed by atoms with van der Waals surface area (Å²) in [6.45, 7) is 0.599. The van der Waals surface area contributed by atoms with E-state index in [1.807, 2.05) is 36.4 Å². The van der Waals surface area contributed by atoms with Crippen LogP contribution in [0.5, 0.6) is 0 Å². The Morgan fingerprint density at radius 3 is 2.57 bits per heavy atom. The quantitative estimate of drug-likeness (QED) is 0.750. The summed E-state index contributed by atoms with van der Waals surface area (Å²) < 4.78 is 0. The summed E-state index contributed by atoms with van der Waals surface area (Å²) in [7, 11) is 0. The van der Waals surface area contributed by atoms with Crippen molar-refractivity contribution in [1.29, 1.82) is 0 Å². The Balaban J connectivity index is 2.12. The van der Waals surface area contributed by atoms with E-state index in [1.165, 1.54) is 5.56 Å². The van der Waals surface area contributed by atoms with Crippen molar-refractivity contribution in [2.45, 2.75) is 18.9 Å². The van der Waals surface area contributed by atoms with Gasteiger partial charge in [0, 0.05) is 22.0 Å². The predicted octanol–water partition coefficient (Wildman–Crippen LogP) is 3.77. The van der Waals surface area contributed by atoms with Gasteiger partial charge >= 0.3 is 0 Å². The van der Waals surface area contributed by atoms with Crippen LogP contribution in [0.3, 0.4) is 0 Å². The molecule has 4 heteroatoms. The molecule has 0 aliphatic carbocycles. The van der Waals surface area contributed by atoms with Crippen molar-refractivity contribution in [2.24, 2.45) is 11.5 Å². The van der Waals surface area contributed by atoms with Gasteiger partial charge in [0.2, 0.25) is 0 Å². The number of benzene rings is 2. The Morgan fingerprint density at radius 1 is 1.04 bits per heavy atom. The molecule has 0 aliphatic heterocycles. The summed E-state index contributed by atoms with van der Waals surface area (Å²) in [5, 5.41) is 1.79. The molecule has 0 aliphatic rings. The number of rotatable bonds is 5. The fraction of sp³-hybridized carbons (Fsp3) is 0.211. The van der Waals surface area contributed by atoms with Gasteiger partial charge in [-0.05, 0) is 43.1 Å². The normalized spacial score (nSPS) is 12.5. The Labute approximate surface area is 141 Å². The lowest BCUT2D eigenvalue weighted by Crippen LogP contribution is -2.26. The molecule has 3 aromatic rings. The number of hydrogen-bond acceptors (Lipinski definition) is 3. The standard InChI is InChI=1S/C19H20ClN3/c20-15-6-7-17-14(10-16(22)8-9-21)11-18(23-19(17)12-15)13-4-2-1-3-5-13/h1-7,11-12,16H,8-10,21-22H2. The van der Waals surface area contributed by atoms with Gasteiger partial charge < -0.3 is 11.5 Å². The number of fused-ring (bicyclic) bond motifs is 1. The summed E-state index contributed by atoms with van der Waals surface area (Å²) in [5.41, 5.74) is 15.9. The van der Waals surface area contributed by atoms with Gasteiger partial charge in [0.1, 0.15) is 0 Å². The van der Waals surface area contributed by atoms with Crippen LogP contribution in [0.1, 0.15) is 12.0 Å². The molecular weight excluding hydrogens is 306 g/mol. The fourth-order valence-corrected chi connectivity index (χ4v) is 2.96. The maximum Gasteiger partial charge on any atom is 0.0727 e. The molecule has 0 bridgehead atoms. The van der Waals surface area contributed by atoms with Gasteiger partial charge in [-0.3, -0.25) is 0 Å². The Kier molecular flexibility index (Phi) is 4.91. The predicted molar refractivity (Wildman–Crippen MR) is 97.5 cm³/mol. The summed E-state index contributed by atoms with van der Waals surface area (Å²) in [6.07, 6.45) is 1.58. The number of nitrogens with zero attached hydrogens (tertiary/aromatic N) is 1. The highest BCUT2D eigenvalue weighted by atomic mass is 35.5. The fourth-order valence-electron chi connectivity index (χ4n) is 2.80. The molecule has 1 unspecified atom stereocenters. The summed E-state index contributed by atoms with van der Waals surface area (Å²) >= 11 is 6.14. The second kappa shape index (κ2) is 7.09. The number of pyridine rings is 1. The lowest BCUT2D eigenvalue weighted by atomic mass is 9.98. The number of halogens is 1. The zero-order chi connectivity index (χ0) is 16.2. The van der Waals surface area contributed by atoms with E-state index in [1.54, 1.807) is 0 Å². The topological polar surface area (TPSA) is 64.9 Å². The molecule has 3 nitrogen and oxygen atoms in total. The van der Waals surface area contributed by atoms with E-state index in [-0.39, 0.29) is 6.04 Å². The van der Waals surface area contributed by atoms with Gasteiger partial charge in [-0.1, -0.05) is 48.0 Å². The van der Waals surface area contributed by atoms with Gasteiger partial charge in [-0.15, -0.1) is 0 Å². The second-order valence-electron chi connectivity index (χ2n) is 5.74. The van der Waals surface area contributed by atoms with Crippen LogP contribution < -0.4 is 11.5 Å². The maximum absolute atomic E-state index is 6.20. The molecule has 23 heavy (non-hydrogen) atoms. The van der Waals surface area contributed by atoms with Crippen LogP contribution in [0.15, 0.2) is 54.6 Å². The van der Waals surface area contributed by atoms with Crippen LogP contribution in [-0.4, -0.2) is 17.6 Å². The van der Waals surface area contributed by atoms with Crippen molar-refractivity contribution in [3.8, 4) is 11.3 Å². The molecule has 1 aromatic heterocycles. The first kappa shape index (κ1) is 15.9. The van der Waals surface area contributed by atoms with Crippen LogP contribution in [0.2, 0.25) is 5.02 Å². The van der Waals surface area contributed by atoms with E-state index in [0.717, 1.165) is 35.0 Å². The zero-order valence-corrected chi connectivity index (χ0v) is 13.6. The molecule has 118 valence electrons. The summed E-state index contributed by atoms with van der Waals surface area (Å²) in [5.74, 6) is 0. The summed E-state index contributed by atoms with van der Waals surface area (Å²) in [4.78, 5) is 4.77. The molecular formula is C19H20ClN3. The van der Waals surface area contributed by atoms with Crippen molar-refractivity contribution in [2.75, 3.05) is 6.54 Å². The molecule has 2 aromatic carbocycles. The van der Waals surface area contributed by atoms with E-state index >= 15 is 0 Å².